The summed E-state index contributed by atoms with van der Waals surface area (Å²) >= 11 is 0. The maximum atomic E-state index is 11.7. The van der Waals surface area contributed by atoms with Gasteiger partial charge in [-0.2, -0.15) is 0 Å². The van der Waals surface area contributed by atoms with Crippen LogP contribution in [0, 0.1) is 0 Å². The van der Waals surface area contributed by atoms with Crippen molar-refractivity contribution in [3.63, 3.8) is 0 Å². The third kappa shape index (κ3) is 4.17. The lowest BCUT2D eigenvalue weighted by atomic mass is 9.96. The fourth-order valence-corrected chi connectivity index (χ4v) is 2.48. The SMILES string of the molecule is C=C/C(=C\N=CCNC(=O)CO)c1ccc2c(c1)CCC(=O)N2C. The van der Waals surface area contributed by atoms with Crippen molar-refractivity contribution in [1.29, 1.82) is 0 Å². The van der Waals surface area contributed by atoms with Crippen molar-refractivity contribution < 1.29 is 14.7 Å². The first kappa shape index (κ1) is 17.6. The predicted molar refractivity (Wildman–Crippen MR) is 94.9 cm³/mol. The first-order chi connectivity index (χ1) is 11.6. The highest BCUT2D eigenvalue weighted by Gasteiger charge is 2.20. The average Bonchev–Trinajstić information content (AvgIpc) is 2.60. The normalized spacial score (nSPS) is 14.7. The summed E-state index contributed by atoms with van der Waals surface area (Å²) in [6.45, 7) is 3.52. The molecule has 2 N–H and O–H groups in total. The van der Waals surface area contributed by atoms with Gasteiger partial charge < -0.3 is 15.3 Å². The molecule has 1 aliphatic heterocycles. The molecule has 0 bridgehead atoms. The number of aliphatic imine (C=N–C) groups is 1. The number of aryl methyl sites for hydroxylation is 1. The molecular formula is C18H21N3O3. The van der Waals surface area contributed by atoms with Crippen LogP contribution in [0.4, 0.5) is 5.69 Å². The van der Waals surface area contributed by atoms with Crippen molar-refractivity contribution in [2.24, 2.45) is 4.99 Å². The molecule has 0 radical (unpaired) electrons. The number of carbonyl (C=O) groups is 2. The van der Waals surface area contributed by atoms with Crippen molar-refractivity contribution in [3.05, 3.63) is 48.2 Å². The standard InChI is InChI=1S/C18H21N3O3/c1-3-13(11-19-8-9-20-17(23)12-22)14-4-6-16-15(10-14)5-7-18(24)21(16)2/h3-4,6,8,10-11,22H,1,5,7,9,12H2,2H3,(H,20,23)/b13-11+,19-8?. The van der Waals surface area contributed by atoms with Gasteiger partial charge in [0.2, 0.25) is 11.8 Å². The van der Waals surface area contributed by atoms with Gasteiger partial charge in [0.1, 0.15) is 6.61 Å². The van der Waals surface area contributed by atoms with Gasteiger partial charge in [-0.25, -0.2) is 0 Å². The number of aliphatic hydroxyl groups is 1. The molecule has 0 unspecified atom stereocenters. The number of benzene rings is 1. The number of allylic oxidation sites excluding steroid dienone is 2. The molecule has 126 valence electrons. The highest BCUT2D eigenvalue weighted by Crippen LogP contribution is 2.29. The van der Waals surface area contributed by atoms with Gasteiger partial charge in [0.05, 0.1) is 6.54 Å². The molecule has 2 rings (SSSR count). The van der Waals surface area contributed by atoms with E-state index in [1.807, 2.05) is 12.1 Å². The zero-order valence-electron chi connectivity index (χ0n) is 13.7. The molecule has 0 aliphatic carbocycles. The van der Waals surface area contributed by atoms with Crippen LogP contribution in [0.15, 0.2) is 42.0 Å². The molecule has 6 nitrogen and oxygen atoms in total. The Balaban J connectivity index is 2.12. The quantitative estimate of drug-likeness (QED) is 0.610. The monoisotopic (exact) mass is 327 g/mol. The predicted octanol–water partition coefficient (Wildman–Crippen LogP) is 1.30. The van der Waals surface area contributed by atoms with Gasteiger partial charge >= 0.3 is 0 Å². The molecule has 24 heavy (non-hydrogen) atoms. The van der Waals surface area contributed by atoms with Crippen molar-refractivity contribution >= 4 is 29.3 Å². The fraction of sp³-hybridized carbons (Fsp3) is 0.278. The number of rotatable bonds is 6. The highest BCUT2D eigenvalue weighted by molar-refractivity contribution is 5.96. The third-order valence-corrected chi connectivity index (χ3v) is 3.83. The van der Waals surface area contributed by atoms with E-state index in [4.69, 9.17) is 5.11 Å². The Hall–Kier alpha value is -2.73. The van der Waals surface area contributed by atoms with Gasteiger partial charge in [0.15, 0.2) is 0 Å². The number of carbonyl (C=O) groups excluding carboxylic acids is 2. The van der Waals surface area contributed by atoms with Gasteiger partial charge in [0.25, 0.3) is 0 Å². The second-order valence-electron chi connectivity index (χ2n) is 5.38. The Morgan fingerprint density at radius 3 is 2.96 bits per heavy atom. The second-order valence-corrected chi connectivity index (χ2v) is 5.38. The van der Waals surface area contributed by atoms with Gasteiger partial charge in [-0.3, -0.25) is 14.6 Å². The summed E-state index contributed by atoms with van der Waals surface area (Å²) in [7, 11) is 1.79. The summed E-state index contributed by atoms with van der Waals surface area (Å²) in [5.74, 6) is -0.313. The summed E-state index contributed by atoms with van der Waals surface area (Å²) in [6.07, 6.45) is 6.17. The number of aliphatic hydroxyl groups excluding tert-OH is 1. The molecular weight excluding hydrogens is 306 g/mol. The maximum absolute atomic E-state index is 11.7. The smallest absolute Gasteiger partial charge is 0.246 e. The van der Waals surface area contributed by atoms with Crippen LogP contribution >= 0.6 is 0 Å². The zero-order valence-corrected chi connectivity index (χ0v) is 13.7. The van der Waals surface area contributed by atoms with E-state index in [1.54, 1.807) is 30.4 Å². The van der Waals surface area contributed by atoms with E-state index in [1.165, 1.54) is 0 Å². The maximum Gasteiger partial charge on any atom is 0.246 e. The molecule has 0 fully saturated rings. The van der Waals surface area contributed by atoms with Crippen LogP contribution in [0.1, 0.15) is 17.5 Å². The summed E-state index contributed by atoms with van der Waals surface area (Å²) in [5, 5.41) is 11.1. The third-order valence-electron chi connectivity index (χ3n) is 3.83. The molecule has 1 aromatic rings. The van der Waals surface area contributed by atoms with Crippen LogP contribution in [0.25, 0.3) is 5.57 Å². The van der Waals surface area contributed by atoms with Crippen LogP contribution in [0.3, 0.4) is 0 Å². The Morgan fingerprint density at radius 2 is 2.25 bits per heavy atom. The topological polar surface area (TPSA) is 82.0 Å². The molecule has 6 heteroatoms. The van der Waals surface area contributed by atoms with Gasteiger partial charge in [-0.1, -0.05) is 18.7 Å². The number of nitrogens with one attached hydrogen (secondary N) is 1. The summed E-state index contributed by atoms with van der Waals surface area (Å²) in [4.78, 5) is 28.5. The minimum absolute atomic E-state index is 0.129. The minimum Gasteiger partial charge on any atom is -0.387 e. The zero-order chi connectivity index (χ0) is 17.5. The van der Waals surface area contributed by atoms with Crippen LogP contribution in [0.5, 0.6) is 0 Å². The van der Waals surface area contributed by atoms with E-state index in [0.29, 0.717) is 6.42 Å². The summed E-state index contributed by atoms with van der Waals surface area (Å²) in [6, 6.07) is 5.92. The molecule has 0 aromatic heterocycles. The van der Waals surface area contributed by atoms with Crippen LogP contribution < -0.4 is 10.2 Å². The number of fused-ring (bicyclic) bond motifs is 1. The van der Waals surface area contributed by atoms with Gasteiger partial charge in [-0.15, -0.1) is 0 Å². The Labute approximate surface area is 141 Å². The van der Waals surface area contributed by atoms with Crippen LogP contribution in [-0.2, 0) is 16.0 Å². The lowest BCUT2D eigenvalue weighted by Gasteiger charge is -2.26. The highest BCUT2D eigenvalue weighted by atomic mass is 16.3. The molecule has 2 amide bonds. The van der Waals surface area contributed by atoms with E-state index in [0.717, 1.165) is 28.8 Å². The number of hydrogen-bond donors (Lipinski definition) is 2. The largest absolute Gasteiger partial charge is 0.387 e. The van der Waals surface area contributed by atoms with Gasteiger partial charge in [0, 0.05) is 31.6 Å². The van der Waals surface area contributed by atoms with E-state index >= 15 is 0 Å². The number of hydrogen-bond acceptors (Lipinski definition) is 4. The number of amides is 2. The van der Waals surface area contributed by atoms with Crippen molar-refractivity contribution in [2.75, 3.05) is 25.1 Å². The first-order valence-corrected chi connectivity index (χ1v) is 7.68. The average molecular weight is 327 g/mol. The molecule has 0 atom stereocenters. The number of nitrogens with zero attached hydrogens (tertiary/aromatic N) is 2. The molecule has 1 heterocycles. The van der Waals surface area contributed by atoms with E-state index in [-0.39, 0.29) is 12.5 Å². The molecule has 0 saturated heterocycles. The minimum atomic E-state index is -0.534. The van der Waals surface area contributed by atoms with E-state index < -0.39 is 12.5 Å². The van der Waals surface area contributed by atoms with E-state index in [2.05, 4.69) is 23.0 Å². The molecule has 1 aliphatic rings. The van der Waals surface area contributed by atoms with Gasteiger partial charge in [-0.05, 0) is 35.3 Å². The second kappa shape index (κ2) is 8.21. The lowest BCUT2D eigenvalue weighted by Crippen LogP contribution is -2.31. The first-order valence-electron chi connectivity index (χ1n) is 7.68. The van der Waals surface area contributed by atoms with Crippen molar-refractivity contribution in [2.45, 2.75) is 12.8 Å². The summed E-state index contributed by atoms with van der Waals surface area (Å²) < 4.78 is 0. The molecule has 1 aromatic carbocycles. The Bertz CT molecular complexity index is 707. The summed E-state index contributed by atoms with van der Waals surface area (Å²) in [5.41, 5.74) is 3.89. The van der Waals surface area contributed by atoms with E-state index in [9.17, 15) is 9.59 Å². The molecule has 0 saturated carbocycles. The van der Waals surface area contributed by atoms with Crippen molar-refractivity contribution in [1.82, 2.24) is 5.32 Å². The Kier molecular flexibility index (Phi) is 6.03. The van der Waals surface area contributed by atoms with Crippen LogP contribution in [-0.4, -0.2) is 43.3 Å². The number of anilines is 1. The molecule has 0 spiro atoms. The van der Waals surface area contributed by atoms with Crippen LogP contribution in [0.2, 0.25) is 0 Å². The van der Waals surface area contributed by atoms with Crippen molar-refractivity contribution in [3.8, 4) is 0 Å². The fourth-order valence-electron chi connectivity index (χ4n) is 2.48. The Morgan fingerprint density at radius 1 is 1.46 bits per heavy atom. The lowest BCUT2D eigenvalue weighted by molar-refractivity contribution is -0.123.